The Bertz CT molecular complexity index is 286. The molecule has 0 radical (unpaired) electrons. The zero-order chi connectivity index (χ0) is 11.6. The van der Waals surface area contributed by atoms with Crippen molar-refractivity contribution in [1.29, 1.82) is 0 Å². The van der Waals surface area contributed by atoms with Crippen LogP contribution in [0.4, 0.5) is 0 Å². The summed E-state index contributed by atoms with van der Waals surface area (Å²) in [5, 5.41) is 3.39. The van der Waals surface area contributed by atoms with Gasteiger partial charge in [-0.25, -0.2) is 0 Å². The highest BCUT2D eigenvalue weighted by Crippen LogP contribution is 2.05. The van der Waals surface area contributed by atoms with Gasteiger partial charge in [0, 0.05) is 19.7 Å². The molecule has 0 aliphatic carbocycles. The fourth-order valence-electron chi connectivity index (χ4n) is 1.52. The first-order valence-electron chi connectivity index (χ1n) is 6.17. The van der Waals surface area contributed by atoms with E-state index < -0.39 is 0 Å². The molecular weight excluding hydrogens is 198 g/mol. The van der Waals surface area contributed by atoms with Crippen LogP contribution in [0.25, 0.3) is 0 Å². The summed E-state index contributed by atoms with van der Waals surface area (Å²) in [6, 6.07) is 8.48. The molecule has 0 saturated heterocycles. The van der Waals surface area contributed by atoms with Gasteiger partial charge in [0.2, 0.25) is 0 Å². The Kier molecular flexibility index (Phi) is 6.86. The number of benzene rings is 1. The fourth-order valence-corrected chi connectivity index (χ4v) is 1.52. The van der Waals surface area contributed by atoms with Crippen molar-refractivity contribution in [1.82, 2.24) is 5.32 Å². The maximum atomic E-state index is 5.48. The Morgan fingerprint density at radius 2 is 2.00 bits per heavy atom. The second-order valence-electron chi connectivity index (χ2n) is 4.07. The molecule has 0 heterocycles. The fraction of sp³-hybridized carbons (Fsp3) is 0.571. The molecule has 1 rings (SSSR count). The lowest BCUT2D eigenvalue weighted by Gasteiger charge is -2.08. The maximum absolute atomic E-state index is 5.48. The molecule has 0 aliphatic rings. The van der Waals surface area contributed by atoms with Crippen LogP contribution in [0.3, 0.4) is 0 Å². The van der Waals surface area contributed by atoms with Crippen LogP contribution in [0.1, 0.15) is 30.9 Å². The third-order valence-electron chi connectivity index (χ3n) is 2.64. The third kappa shape index (κ3) is 5.29. The Hall–Kier alpha value is -0.860. The monoisotopic (exact) mass is 221 g/mol. The van der Waals surface area contributed by atoms with E-state index in [4.69, 9.17) is 4.74 Å². The lowest BCUT2D eigenvalue weighted by Crippen LogP contribution is -2.19. The highest BCUT2D eigenvalue weighted by molar-refractivity contribution is 5.25. The van der Waals surface area contributed by atoms with Gasteiger partial charge in [-0.1, -0.05) is 37.6 Å². The molecule has 0 unspecified atom stereocenters. The maximum Gasteiger partial charge on any atom is 0.0591 e. The van der Waals surface area contributed by atoms with Gasteiger partial charge in [0.25, 0.3) is 0 Å². The number of ether oxygens (including phenoxy) is 1. The molecule has 16 heavy (non-hydrogen) atoms. The summed E-state index contributed by atoms with van der Waals surface area (Å²) >= 11 is 0. The van der Waals surface area contributed by atoms with Crippen LogP contribution >= 0.6 is 0 Å². The summed E-state index contributed by atoms with van der Waals surface area (Å²) in [6.07, 6.45) is 2.37. The van der Waals surface area contributed by atoms with Gasteiger partial charge in [-0.05, 0) is 24.5 Å². The number of hydrogen-bond acceptors (Lipinski definition) is 2. The average Bonchev–Trinajstić information content (AvgIpc) is 2.30. The zero-order valence-electron chi connectivity index (χ0n) is 10.5. The van der Waals surface area contributed by atoms with E-state index in [0.717, 1.165) is 32.7 Å². The van der Waals surface area contributed by atoms with E-state index >= 15 is 0 Å². The largest absolute Gasteiger partial charge is 0.380 e. The standard InChI is InChI=1S/C14H23NO/c1-3-4-10-16-11-9-15-12-14-8-6-5-7-13(14)2/h5-8,15H,3-4,9-12H2,1-2H3. The van der Waals surface area contributed by atoms with E-state index in [1.807, 2.05) is 0 Å². The van der Waals surface area contributed by atoms with Gasteiger partial charge in [-0.15, -0.1) is 0 Å². The SMILES string of the molecule is CCCCOCCNCc1ccccc1C. The summed E-state index contributed by atoms with van der Waals surface area (Å²) in [7, 11) is 0. The predicted octanol–water partition coefficient (Wildman–Crippen LogP) is 2.90. The zero-order valence-corrected chi connectivity index (χ0v) is 10.5. The molecule has 90 valence electrons. The Morgan fingerprint density at radius 1 is 1.19 bits per heavy atom. The van der Waals surface area contributed by atoms with Gasteiger partial charge < -0.3 is 10.1 Å². The van der Waals surface area contributed by atoms with Gasteiger partial charge in [-0.2, -0.15) is 0 Å². The topological polar surface area (TPSA) is 21.3 Å². The number of unbranched alkanes of at least 4 members (excludes halogenated alkanes) is 1. The number of nitrogens with one attached hydrogen (secondary N) is 1. The molecule has 2 heteroatoms. The van der Waals surface area contributed by atoms with Gasteiger partial charge in [0.15, 0.2) is 0 Å². The van der Waals surface area contributed by atoms with Crippen molar-refractivity contribution in [3.05, 3.63) is 35.4 Å². The van der Waals surface area contributed by atoms with Crippen molar-refractivity contribution in [3.8, 4) is 0 Å². The van der Waals surface area contributed by atoms with Gasteiger partial charge in [0.1, 0.15) is 0 Å². The van der Waals surface area contributed by atoms with Crippen LogP contribution in [-0.4, -0.2) is 19.8 Å². The minimum Gasteiger partial charge on any atom is -0.380 e. The molecule has 1 N–H and O–H groups in total. The average molecular weight is 221 g/mol. The van der Waals surface area contributed by atoms with E-state index in [9.17, 15) is 0 Å². The van der Waals surface area contributed by atoms with Gasteiger partial charge in [-0.3, -0.25) is 0 Å². The number of hydrogen-bond donors (Lipinski definition) is 1. The molecule has 0 saturated carbocycles. The molecule has 0 atom stereocenters. The van der Waals surface area contributed by atoms with Gasteiger partial charge >= 0.3 is 0 Å². The van der Waals surface area contributed by atoms with Crippen LogP contribution in [0.15, 0.2) is 24.3 Å². The van der Waals surface area contributed by atoms with E-state index in [1.165, 1.54) is 17.5 Å². The van der Waals surface area contributed by atoms with Crippen molar-refractivity contribution in [2.24, 2.45) is 0 Å². The quantitative estimate of drug-likeness (QED) is 0.682. The highest BCUT2D eigenvalue weighted by atomic mass is 16.5. The van der Waals surface area contributed by atoms with Crippen molar-refractivity contribution in [2.45, 2.75) is 33.2 Å². The van der Waals surface area contributed by atoms with E-state index in [2.05, 4.69) is 43.4 Å². The smallest absolute Gasteiger partial charge is 0.0591 e. The first kappa shape index (κ1) is 13.2. The van der Waals surface area contributed by atoms with E-state index in [0.29, 0.717) is 0 Å². The summed E-state index contributed by atoms with van der Waals surface area (Å²) < 4.78 is 5.48. The van der Waals surface area contributed by atoms with Crippen LogP contribution in [0.2, 0.25) is 0 Å². The second-order valence-corrected chi connectivity index (χ2v) is 4.07. The van der Waals surface area contributed by atoms with Crippen molar-refractivity contribution >= 4 is 0 Å². The Morgan fingerprint density at radius 3 is 2.75 bits per heavy atom. The molecule has 0 aliphatic heterocycles. The molecule has 0 amide bonds. The van der Waals surface area contributed by atoms with Crippen LogP contribution in [0, 0.1) is 6.92 Å². The summed E-state index contributed by atoms with van der Waals surface area (Å²) in [4.78, 5) is 0. The second kappa shape index (κ2) is 8.31. The predicted molar refractivity (Wildman–Crippen MR) is 68.6 cm³/mol. The van der Waals surface area contributed by atoms with Crippen molar-refractivity contribution in [3.63, 3.8) is 0 Å². The highest BCUT2D eigenvalue weighted by Gasteiger charge is 1.95. The normalized spacial score (nSPS) is 10.6. The molecule has 1 aromatic rings. The minimum absolute atomic E-state index is 0.811. The molecular formula is C14H23NO. The minimum atomic E-state index is 0.811. The summed E-state index contributed by atoms with van der Waals surface area (Å²) in [5.41, 5.74) is 2.72. The first-order valence-corrected chi connectivity index (χ1v) is 6.17. The first-order chi connectivity index (χ1) is 7.84. The lowest BCUT2D eigenvalue weighted by atomic mass is 10.1. The summed E-state index contributed by atoms with van der Waals surface area (Å²) in [5.74, 6) is 0. The number of aryl methyl sites for hydroxylation is 1. The van der Waals surface area contributed by atoms with E-state index in [1.54, 1.807) is 0 Å². The molecule has 0 fully saturated rings. The molecule has 0 aromatic heterocycles. The number of rotatable bonds is 8. The molecule has 1 aromatic carbocycles. The lowest BCUT2D eigenvalue weighted by molar-refractivity contribution is 0.133. The van der Waals surface area contributed by atoms with Crippen LogP contribution < -0.4 is 5.32 Å². The Labute approximate surface area is 99.0 Å². The van der Waals surface area contributed by atoms with Crippen molar-refractivity contribution < 1.29 is 4.74 Å². The molecule has 2 nitrogen and oxygen atoms in total. The van der Waals surface area contributed by atoms with Gasteiger partial charge in [0.05, 0.1) is 6.61 Å². The Balaban J connectivity index is 2.05. The third-order valence-corrected chi connectivity index (χ3v) is 2.64. The van der Waals surface area contributed by atoms with Crippen LogP contribution in [0.5, 0.6) is 0 Å². The van der Waals surface area contributed by atoms with E-state index in [-0.39, 0.29) is 0 Å². The molecule has 0 spiro atoms. The van der Waals surface area contributed by atoms with Crippen LogP contribution in [-0.2, 0) is 11.3 Å². The summed E-state index contributed by atoms with van der Waals surface area (Å²) in [6.45, 7) is 7.89. The molecule has 0 bridgehead atoms. The van der Waals surface area contributed by atoms with Crippen molar-refractivity contribution in [2.75, 3.05) is 19.8 Å².